The summed E-state index contributed by atoms with van der Waals surface area (Å²) in [5, 5.41) is 9.11. The Bertz CT molecular complexity index is 1230. The van der Waals surface area contributed by atoms with Crippen molar-refractivity contribution in [2.75, 3.05) is 18.9 Å². The van der Waals surface area contributed by atoms with Crippen molar-refractivity contribution in [3.8, 4) is 11.1 Å². The number of hydrogen-bond donors (Lipinski definition) is 2. The molecule has 154 valence electrons. The van der Waals surface area contributed by atoms with Crippen LogP contribution < -0.4 is 11.1 Å². The van der Waals surface area contributed by atoms with Crippen LogP contribution in [-0.4, -0.2) is 38.8 Å². The summed E-state index contributed by atoms with van der Waals surface area (Å²) in [5.74, 6) is 0.535. The van der Waals surface area contributed by atoms with Gasteiger partial charge in [-0.2, -0.15) is 9.61 Å². The first-order valence-electron chi connectivity index (χ1n) is 10.1. The first kappa shape index (κ1) is 19.4. The van der Waals surface area contributed by atoms with Crippen LogP contribution in [0.2, 0.25) is 0 Å². The molecule has 0 amide bonds. The highest BCUT2D eigenvalue weighted by Crippen LogP contribution is 2.31. The molecule has 7 nitrogen and oxygen atoms in total. The van der Waals surface area contributed by atoms with E-state index in [1.807, 2.05) is 12.3 Å². The van der Waals surface area contributed by atoms with E-state index < -0.39 is 0 Å². The molecule has 4 aromatic rings. The molecule has 3 N–H and O–H groups in total. The minimum atomic E-state index is 0.335. The molecular weight excluding hydrogens is 444 g/mol. The quantitative estimate of drug-likeness (QED) is 0.474. The summed E-state index contributed by atoms with van der Waals surface area (Å²) < 4.78 is 8.00. The third-order valence-electron chi connectivity index (χ3n) is 5.56. The molecule has 0 spiro atoms. The largest absolute Gasteiger partial charge is 0.383 e. The fraction of sp³-hybridized carbons (Fsp3) is 0.318. The van der Waals surface area contributed by atoms with Crippen LogP contribution in [0.3, 0.4) is 0 Å². The molecule has 1 aliphatic heterocycles. The lowest BCUT2D eigenvalue weighted by atomic mass is 10.1. The Balaban J connectivity index is 1.54. The Kier molecular flexibility index (Phi) is 5.14. The number of hydrogen-bond acceptors (Lipinski definition) is 6. The van der Waals surface area contributed by atoms with Gasteiger partial charge in [0.25, 0.3) is 0 Å². The van der Waals surface area contributed by atoms with Gasteiger partial charge in [0.05, 0.1) is 28.5 Å². The van der Waals surface area contributed by atoms with E-state index in [4.69, 9.17) is 15.5 Å². The lowest BCUT2D eigenvalue weighted by Gasteiger charge is -2.23. The number of anilines is 1. The number of pyridine rings is 1. The van der Waals surface area contributed by atoms with Gasteiger partial charge in [-0.15, -0.1) is 0 Å². The summed E-state index contributed by atoms with van der Waals surface area (Å²) in [7, 11) is 0. The molecule has 5 rings (SSSR count). The van der Waals surface area contributed by atoms with Crippen molar-refractivity contribution in [1.29, 1.82) is 0 Å². The Morgan fingerprint density at radius 3 is 3.03 bits per heavy atom. The van der Waals surface area contributed by atoms with Crippen molar-refractivity contribution in [2.45, 2.75) is 32.4 Å². The van der Waals surface area contributed by atoms with E-state index in [0.717, 1.165) is 63.9 Å². The summed E-state index contributed by atoms with van der Waals surface area (Å²) >= 11 is 3.60. The van der Waals surface area contributed by atoms with E-state index in [2.05, 4.69) is 56.5 Å². The monoisotopic (exact) mass is 466 g/mol. The Morgan fingerprint density at radius 1 is 1.30 bits per heavy atom. The zero-order valence-electron chi connectivity index (χ0n) is 16.7. The van der Waals surface area contributed by atoms with Gasteiger partial charge in [0.2, 0.25) is 0 Å². The molecule has 1 fully saturated rings. The predicted octanol–water partition coefficient (Wildman–Crippen LogP) is 3.87. The van der Waals surface area contributed by atoms with Crippen LogP contribution in [0.1, 0.15) is 24.1 Å². The average molecular weight is 467 g/mol. The lowest BCUT2D eigenvalue weighted by molar-refractivity contribution is 0.0698. The van der Waals surface area contributed by atoms with Crippen molar-refractivity contribution < 1.29 is 4.74 Å². The van der Waals surface area contributed by atoms with Crippen LogP contribution in [0, 0.1) is 6.92 Å². The number of rotatable bonds is 4. The van der Waals surface area contributed by atoms with E-state index in [1.165, 1.54) is 5.56 Å². The number of benzene rings is 1. The molecule has 0 bridgehead atoms. The van der Waals surface area contributed by atoms with Crippen molar-refractivity contribution >= 4 is 38.3 Å². The van der Waals surface area contributed by atoms with Gasteiger partial charge in [-0.1, -0.05) is 11.6 Å². The van der Waals surface area contributed by atoms with Gasteiger partial charge in [0.1, 0.15) is 5.82 Å². The molecule has 1 unspecified atom stereocenters. The van der Waals surface area contributed by atoms with Crippen LogP contribution >= 0.6 is 15.9 Å². The summed E-state index contributed by atoms with van der Waals surface area (Å²) in [6.07, 6.45) is 5.85. The maximum absolute atomic E-state index is 6.38. The molecule has 0 aliphatic carbocycles. The van der Waals surface area contributed by atoms with Gasteiger partial charge in [-0.25, -0.2) is 4.98 Å². The van der Waals surface area contributed by atoms with Gasteiger partial charge in [0.15, 0.2) is 5.65 Å². The maximum atomic E-state index is 6.38. The summed E-state index contributed by atoms with van der Waals surface area (Å²) in [6.45, 7) is 4.26. The van der Waals surface area contributed by atoms with E-state index in [0.29, 0.717) is 18.4 Å². The van der Waals surface area contributed by atoms with Gasteiger partial charge >= 0.3 is 0 Å². The molecule has 1 atom stereocenters. The Hall–Kier alpha value is -2.55. The van der Waals surface area contributed by atoms with Crippen molar-refractivity contribution in [3.63, 3.8) is 0 Å². The average Bonchev–Trinajstić information content (AvgIpc) is 3.19. The van der Waals surface area contributed by atoms with Gasteiger partial charge in [0, 0.05) is 41.9 Å². The second-order valence-corrected chi connectivity index (χ2v) is 8.56. The minimum absolute atomic E-state index is 0.335. The Morgan fingerprint density at radius 2 is 2.20 bits per heavy atom. The van der Waals surface area contributed by atoms with E-state index in [1.54, 1.807) is 10.7 Å². The summed E-state index contributed by atoms with van der Waals surface area (Å²) in [6, 6.07) is 8.71. The van der Waals surface area contributed by atoms with Gasteiger partial charge in [-0.3, -0.25) is 4.98 Å². The molecule has 1 aromatic carbocycles. The SMILES string of the molecule is Cc1ccc2ncc(-c3cnn4c(N)c(Br)c(CNC5CCCOC5)nc34)cc2c1. The summed E-state index contributed by atoms with van der Waals surface area (Å²) in [5.41, 5.74) is 12.0. The number of nitrogens with one attached hydrogen (secondary N) is 1. The van der Waals surface area contributed by atoms with Crippen LogP contribution in [0.15, 0.2) is 41.1 Å². The molecule has 1 aliphatic rings. The number of nitrogens with zero attached hydrogens (tertiary/aromatic N) is 4. The highest BCUT2D eigenvalue weighted by Gasteiger charge is 2.19. The molecule has 8 heteroatoms. The zero-order valence-corrected chi connectivity index (χ0v) is 18.3. The topological polar surface area (TPSA) is 90.4 Å². The number of ether oxygens (including phenoxy) is 1. The number of halogens is 1. The van der Waals surface area contributed by atoms with Crippen molar-refractivity contribution in [1.82, 2.24) is 24.9 Å². The van der Waals surface area contributed by atoms with E-state index in [9.17, 15) is 0 Å². The van der Waals surface area contributed by atoms with Crippen molar-refractivity contribution in [3.05, 3.63) is 52.4 Å². The first-order valence-corrected chi connectivity index (χ1v) is 10.9. The number of nitrogen functional groups attached to an aromatic ring is 1. The standard InChI is InChI=1S/C22H23BrN6O/c1-13-4-5-18-14(7-13)8-15(9-26-18)17-10-27-29-21(24)20(23)19(28-22(17)29)11-25-16-3-2-6-30-12-16/h4-5,7-10,16,25H,2-3,6,11-12,24H2,1H3. The van der Waals surface area contributed by atoms with E-state index in [-0.39, 0.29) is 0 Å². The van der Waals surface area contributed by atoms with Crippen molar-refractivity contribution in [2.24, 2.45) is 0 Å². The molecule has 0 radical (unpaired) electrons. The van der Waals surface area contributed by atoms with Crippen LogP contribution in [-0.2, 0) is 11.3 Å². The first-order chi connectivity index (χ1) is 14.6. The maximum Gasteiger partial charge on any atom is 0.165 e. The third kappa shape index (κ3) is 3.55. The molecule has 30 heavy (non-hydrogen) atoms. The van der Waals surface area contributed by atoms with Gasteiger partial charge < -0.3 is 15.8 Å². The zero-order chi connectivity index (χ0) is 20.7. The van der Waals surface area contributed by atoms with Crippen LogP contribution in [0.25, 0.3) is 27.7 Å². The highest BCUT2D eigenvalue weighted by molar-refractivity contribution is 9.10. The van der Waals surface area contributed by atoms with Gasteiger partial charge in [-0.05, 0) is 53.9 Å². The van der Waals surface area contributed by atoms with E-state index >= 15 is 0 Å². The highest BCUT2D eigenvalue weighted by atomic mass is 79.9. The van der Waals surface area contributed by atoms with Crippen LogP contribution in [0.4, 0.5) is 5.82 Å². The molecule has 4 heterocycles. The van der Waals surface area contributed by atoms with Crippen LogP contribution in [0.5, 0.6) is 0 Å². The normalized spacial score (nSPS) is 17.1. The second kappa shape index (κ2) is 7.94. The smallest absolute Gasteiger partial charge is 0.165 e. The third-order valence-corrected chi connectivity index (χ3v) is 6.42. The molecule has 1 saturated heterocycles. The lowest BCUT2D eigenvalue weighted by Crippen LogP contribution is -2.36. The second-order valence-electron chi connectivity index (χ2n) is 7.77. The molecule has 0 saturated carbocycles. The number of nitrogens with two attached hydrogens (primary N) is 1. The number of aryl methyl sites for hydroxylation is 1. The number of aromatic nitrogens is 4. The summed E-state index contributed by atoms with van der Waals surface area (Å²) in [4.78, 5) is 9.51. The molecular formula is C22H23BrN6O. The predicted molar refractivity (Wildman–Crippen MR) is 121 cm³/mol. The fourth-order valence-corrected chi connectivity index (χ4v) is 4.30. The minimum Gasteiger partial charge on any atom is -0.383 e. The molecule has 3 aromatic heterocycles. The fourth-order valence-electron chi connectivity index (χ4n) is 3.91. The Labute approximate surface area is 182 Å². The number of fused-ring (bicyclic) bond motifs is 2.